The van der Waals surface area contributed by atoms with Gasteiger partial charge in [0.15, 0.2) is 0 Å². The predicted octanol–water partition coefficient (Wildman–Crippen LogP) is 3.88. The summed E-state index contributed by atoms with van der Waals surface area (Å²) in [6, 6.07) is 3.65. The zero-order chi connectivity index (χ0) is 19.3. The van der Waals surface area contributed by atoms with Gasteiger partial charge < -0.3 is 5.73 Å². The first-order valence-corrected chi connectivity index (χ1v) is 8.67. The Bertz CT molecular complexity index is 1110. The fourth-order valence-electron chi connectivity index (χ4n) is 3.91. The van der Waals surface area contributed by atoms with Crippen molar-refractivity contribution in [2.45, 2.75) is 31.9 Å². The van der Waals surface area contributed by atoms with Crippen molar-refractivity contribution in [1.29, 1.82) is 5.41 Å². The second-order valence-corrected chi connectivity index (χ2v) is 6.74. The van der Waals surface area contributed by atoms with E-state index in [-0.39, 0.29) is 11.3 Å². The highest BCUT2D eigenvalue weighted by Crippen LogP contribution is 2.38. The molecule has 2 heterocycles. The monoisotopic (exact) mass is 373 g/mol. The first-order valence-electron chi connectivity index (χ1n) is 8.67. The molecule has 0 saturated carbocycles. The van der Waals surface area contributed by atoms with E-state index in [0.29, 0.717) is 11.9 Å². The SMILES string of the molecule is Cn1ncc2c3c4c(c(/C(=C/N)C(=N)C(F)(F)F)nc3ccc21)CCCC4. The number of benzene rings is 1. The molecule has 0 radical (unpaired) electrons. The van der Waals surface area contributed by atoms with E-state index in [1.54, 1.807) is 16.9 Å². The van der Waals surface area contributed by atoms with E-state index in [4.69, 9.17) is 11.1 Å². The van der Waals surface area contributed by atoms with E-state index in [2.05, 4.69) is 10.1 Å². The standard InChI is InChI=1S/C19H18F3N5/c1-27-15-7-6-14-16(13(15)9-25-27)10-4-2-3-5-11(10)17(26-14)12(8-23)18(24)19(20,21)22/h6-9,24H,2-5,23H2,1H3/b12-8-,24-18?. The number of nitrogens with zero attached hydrogens (tertiary/aromatic N) is 3. The van der Waals surface area contributed by atoms with Gasteiger partial charge in [-0.15, -0.1) is 0 Å². The van der Waals surface area contributed by atoms with Crippen LogP contribution in [0, 0.1) is 5.41 Å². The number of aryl methyl sites for hydroxylation is 2. The number of rotatable bonds is 2. The molecule has 2 aromatic heterocycles. The Balaban J connectivity index is 2.06. The van der Waals surface area contributed by atoms with E-state index in [1.165, 1.54) is 0 Å². The van der Waals surface area contributed by atoms with Crippen molar-refractivity contribution >= 4 is 33.1 Å². The summed E-state index contributed by atoms with van der Waals surface area (Å²) in [4.78, 5) is 4.53. The first-order chi connectivity index (χ1) is 12.8. The van der Waals surface area contributed by atoms with Crippen molar-refractivity contribution in [3.8, 4) is 0 Å². The predicted molar refractivity (Wildman–Crippen MR) is 98.6 cm³/mol. The lowest BCUT2D eigenvalue weighted by molar-refractivity contribution is -0.0578. The second kappa shape index (κ2) is 6.07. The molecule has 0 spiro atoms. The summed E-state index contributed by atoms with van der Waals surface area (Å²) in [5.41, 5.74) is 7.16. The molecule has 0 saturated heterocycles. The lowest BCUT2D eigenvalue weighted by Crippen LogP contribution is -2.25. The average Bonchev–Trinajstić information content (AvgIpc) is 3.02. The normalized spacial score (nSPS) is 15.3. The van der Waals surface area contributed by atoms with Gasteiger partial charge >= 0.3 is 6.18 Å². The van der Waals surface area contributed by atoms with E-state index in [0.717, 1.165) is 52.9 Å². The number of fused-ring (bicyclic) bond motifs is 5. The highest BCUT2D eigenvalue weighted by atomic mass is 19.4. The highest BCUT2D eigenvalue weighted by Gasteiger charge is 2.38. The summed E-state index contributed by atoms with van der Waals surface area (Å²) in [6.07, 6.45) is 1.04. The number of allylic oxidation sites excluding steroid dienone is 1. The van der Waals surface area contributed by atoms with Crippen molar-refractivity contribution in [2.75, 3.05) is 0 Å². The number of hydrogen-bond donors (Lipinski definition) is 2. The topological polar surface area (TPSA) is 80.6 Å². The van der Waals surface area contributed by atoms with Gasteiger partial charge in [-0.2, -0.15) is 18.3 Å². The lowest BCUT2D eigenvalue weighted by atomic mass is 9.85. The molecule has 8 heteroatoms. The average molecular weight is 373 g/mol. The third kappa shape index (κ3) is 2.67. The number of nitrogens with one attached hydrogen (secondary N) is 1. The molecule has 1 aliphatic carbocycles. The van der Waals surface area contributed by atoms with Crippen LogP contribution in [-0.4, -0.2) is 26.7 Å². The quantitative estimate of drug-likeness (QED) is 0.669. The Hall–Kier alpha value is -2.90. The van der Waals surface area contributed by atoms with Crippen LogP contribution in [0.5, 0.6) is 0 Å². The minimum Gasteiger partial charge on any atom is -0.404 e. The van der Waals surface area contributed by atoms with Gasteiger partial charge in [0.1, 0.15) is 5.71 Å². The fourth-order valence-corrected chi connectivity index (χ4v) is 3.91. The maximum absolute atomic E-state index is 13.2. The third-order valence-electron chi connectivity index (χ3n) is 5.17. The van der Waals surface area contributed by atoms with E-state index >= 15 is 0 Å². The smallest absolute Gasteiger partial charge is 0.404 e. The Morgan fingerprint density at radius 3 is 2.59 bits per heavy atom. The van der Waals surface area contributed by atoms with Gasteiger partial charge in [-0.3, -0.25) is 10.1 Å². The van der Waals surface area contributed by atoms with Gasteiger partial charge in [0.05, 0.1) is 22.9 Å². The summed E-state index contributed by atoms with van der Waals surface area (Å²) < 4.78 is 41.3. The highest BCUT2D eigenvalue weighted by molar-refractivity contribution is 6.25. The molecule has 0 amide bonds. The molecule has 5 nitrogen and oxygen atoms in total. The number of alkyl halides is 3. The van der Waals surface area contributed by atoms with Crippen molar-refractivity contribution in [1.82, 2.24) is 14.8 Å². The van der Waals surface area contributed by atoms with Crippen molar-refractivity contribution in [2.24, 2.45) is 12.8 Å². The molecule has 27 heavy (non-hydrogen) atoms. The van der Waals surface area contributed by atoms with Crippen LogP contribution in [0.1, 0.15) is 29.7 Å². The molecule has 3 N–H and O–H groups in total. The van der Waals surface area contributed by atoms with Crippen molar-refractivity contribution in [3.63, 3.8) is 0 Å². The number of pyridine rings is 1. The summed E-state index contributed by atoms with van der Waals surface area (Å²) in [6.45, 7) is 0. The van der Waals surface area contributed by atoms with Crippen LogP contribution in [0.3, 0.4) is 0 Å². The molecule has 1 aromatic carbocycles. The molecule has 0 bridgehead atoms. The van der Waals surface area contributed by atoms with Crippen LogP contribution in [0.4, 0.5) is 13.2 Å². The summed E-state index contributed by atoms with van der Waals surface area (Å²) in [5.74, 6) is 0. The summed E-state index contributed by atoms with van der Waals surface area (Å²) >= 11 is 0. The minimum atomic E-state index is -4.78. The van der Waals surface area contributed by atoms with Gasteiger partial charge in [0.25, 0.3) is 0 Å². The maximum Gasteiger partial charge on any atom is 0.433 e. The third-order valence-corrected chi connectivity index (χ3v) is 5.17. The van der Waals surface area contributed by atoms with Crippen molar-refractivity contribution in [3.05, 3.63) is 41.4 Å². The number of hydrogen-bond acceptors (Lipinski definition) is 4. The number of halogens is 3. The molecule has 0 fully saturated rings. The maximum atomic E-state index is 13.2. The first kappa shape index (κ1) is 17.5. The van der Waals surface area contributed by atoms with Crippen LogP contribution >= 0.6 is 0 Å². The fraction of sp³-hybridized carbons (Fsp3) is 0.316. The van der Waals surface area contributed by atoms with Gasteiger partial charge in [0.2, 0.25) is 0 Å². The zero-order valence-corrected chi connectivity index (χ0v) is 14.7. The molecular weight excluding hydrogens is 355 g/mol. The molecule has 3 aromatic rings. The number of nitrogens with two attached hydrogens (primary N) is 1. The van der Waals surface area contributed by atoms with E-state index < -0.39 is 11.9 Å². The van der Waals surface area contributed by atoms with Crippen molar-refractivity contribution < 1.29 is 13.2 Å². The van der Waals surface area contributed by atoms with E-state index in [9.17, 15) is 13.2 Å². The Morgan fingerprint density at radius 1 is 1.22 bits per heavy atom. The zero-order valence-electron chi connectivity index (χ0n) is 14.7. The van der Waals surface area contributed by atoms with Gasteiger partial charge in [0, 0.05) is 29.6 Å². The van der Waals surface area contributed by atoms with Crippen LogP contribution in [-0.2, 0) is 19.9 Å². The molecule has 0 atom stereocenters. The van der Waals surface area contributed by atoms with Crippen LogP contribution in [0.15, 0.2) is 24.5 Å². The van der Waals surface area contributed by atoms with Crippen LogP contribution in [0.25, 0.3) is 27.4 Å². The Kier molecular flexibility index (Phi) is 3.94. The molecule has 4 rings (SSSR count). The second-order valence-electron chi connectivity index (χ2n) is 6.74. The van der Waals surface area contributed by atoms with Crippen LogP contribution < -0.4 is 5.73 Å². The largest absolute Gasteiger partial charge is 0.433 e. The number of aromatic nitrogens is 3. The van der Waals surface area contributed by atoms with E-state index in [1.807, 2.05) is 13.1 Å². The molecule has 1 aliphatic rings. The minimum absolute atomic E-state index is 0.172. The summed E-state index contributed by atoms with van der Waals surface area (Å²) in [5, 5.41) is 13.8. The van der Waals surface area contributed by atoms with Gasteiger partial charge in [-0.05, 0) is 48.9 Å². The Labute approximate surface area is 153 Å². The van der Waals surface area contributed by atoms with Crippen LogP contribution in [0.2, 0.25) is 0 Å². The van der Waals surface area contributed by atoms with Gasteiger partial charge in [-0.1, -0.05) is 0 Å². The molecular formula is C19H18F3N5. The molecule has 0 unspecified atom stereocenters. The summed E-state index contributed by atoms with van der Waals surface area (Å²) in [7, 11) is 1.85. The molecule has 0 aliphatic heterocycles. The molecule has 140 valence electrons. The lowest BCUT2D eigenvalue weighted by Gasteiger charge is -2.23. The Morgan fingerprint density at radius 2 is 1.93 bits per heavy atom. The van der Waals surface area contributed by atoms with Gasteiger partial charge in [-0.25, -0.2) is 4.98 Å².